The predicted octanol–water partition coefficient (Wildman–Crippen LogP) is 6.55. The highest BCUT2D eigenvalue weighted by atomic mass is 32.2. The number of nitrogens with zero attached hydrogens (tertiary/aromatic N) is 2. The van der Waals surface area contributed by atoms with E-state index in [0.717, 1.165) is 23.4 Å². The van der Waals surface area contributed by atoms with Gasteiger partial charge in [-0.2, -0.15) is 38.1 Å². The smallest absolute Gasteiger partial charge is 0.480 e. The number of carboxylic acid groups (broad SMARTS) is 3. The van der Waals surface area contributed by atoms with Crippen LogP contribution in [0.25, 0.3) is 11.1 Å². The summed E-state index contributed by atoms with van der Waals surface area (Å²) in [6.07, 6.45) is -7.52. The molecule has 2 aromatic carbocycles. The molecule has 0 aliphatic heterocycles. The van der Waals surface area contributed by atoms with Crippen molar-refractivity contribution in [1.82, 2.24) is 9.47 Å². The molecule has 0 spiro atoms. The monoisotopic (exact) mass is 814 g/mol. The molecule has 7 N–H and O–H groups in total. The van der Waals surface area contributed by atoms with Gasteiger partial charge in [-0.3, -0.25) is 9.59 Å². The van der Waals surface area contributed by atoms with Crippen LogP contribution in [0.15, 0.2) is 60.8 Å². The molecule has 2 atom stereocenters. The van der Waals surface area contributed by atoms with Crippen molar-refractivity contribution in [2.75, 3.05) is 24.6 Å². The maximum absolute atomic E-state index is 14.9. The van der Waals surface area contributed by atoms with E-state index in [2.05, 4.69) is 0 Å². The highest BCUT2D eigenvalue weighted by molar-refractivity contribution is 7.99. The lowest BCUT2D eigenvalue weighted by Gasteiger charge is -2.41. The van der Waals surface area contributed by atoms with Gasteiger partial charge in [0.05, 0.1) is 11.8 Å². The molecule has 0 aliphatic rings. The minimum absolute atomic E-state index is 0.113. The Kier molecular flexibility index (Phi) is 18.8. The first-order valence-electron chi connectivity index (χ1n) is 16.2. The number of benzene rings is 2. The van der Waals surface area contributed by atoms with Gasteiger partial charge in [-0.25, -0.2) is 18.4 Å². The van der Waals surface area contributed by atoms with Crippen molar-refractivity contribution in [2.24, 2.45) is 16.9 Å². The molecule has 1 unspecified atom stereocenters. The van der Waals surface area contributed by atoms with E-state index >= 15 is 0 Å². The van der Waals surface area contributed by atoms with E-state index in [4.69, 9.17) is 36.4 Å². The molecule has 11 nitrogen and oxygen atoms in total. The van der Waals surface area contributed by atoms with Crippen molar-refractivity contribution >= 4 is 35.6 Å². The summed E-state index contributed by atoms with van der Waals surface area (Å²) in [6.45, 7) is 7.41. The molecule has 1 amide bonds. The van der Waals surface area contributed by atoms with Gasteiger partial charge < -0.3 is 36.3 Å². The SMILES string of the molecule is CC(C)(C)[C@H](c1cc(-c2cc(F)ccc2F)cn1Cc1ccccc1)N(CCCN)C(=O)CSCCC(N)C(=O)O.O=C(O)C(F)(F)F.O=C(O)C(F)(F)F. The number of halogens is 8. The summed E-state index contributed by atoms with van der Waals surface area (Å²) in [5, 5.41) is 23.3. The van der Waals surface area contributed by atoms with Gasteiger partial charge in [-0.1, -0.05) is 51.1 Å². The topological polar surface area (TPSA) is 189 Å². The molecule has 1 aromatic heterocycles. The number of amides is 1. The fourth-order valence-electron chi connectivity index (χ4n) is 4.85. The first-order chi connectivity index (χ1) is 25.3. The van der Waals surface area contributed by atoms with Gasteiger partial charge in [-0.05, 0) is 60.4 Å². The zero-order chi connectivity index (χ0) is 42.3. The van der Waals surface area contributed by atoms with Gasteiger partial charge in [-0.15, -0.1) is 0 Å². The van der Waals surface area contributed by atoms with Crippen molar-refractivity contribution in [2.45, 2.75) is 64.6 Å². The van der Waals surface area contributed by atoms with E-state index in [1.54, 1.807) is 0 Å². The Labute approximate surface area is 315 Å². The van der Waals surface area contributed by atoms with Crippen LogP contribution >= 0.6 is 11.8 Å². The Morgan fingerprint density at radius 3 is 1.89 bits per heavy atom. The van der Waals surface area contributed by atoms with Crippen LogP contribution in [0, 0.1) is 17.0 Å². The van der Waals surface area contributed by atoms with Crippen LogP contribution in [0.1, 0.15) is 50.9 Å². The third kappa shape index (κ3) is 16.7. The fourth-order valence-corrected chi connectivity index (χ4v) is 5.75. The van der Waals surface area contributed by atoms with Crippen molar-refractivity contribution in [3.8, 4) is 11.1 Å². The third-order valence-electron chi connectivity index (χ3n) is 7.30. The Bertz CT molecular complexity index is 1690. The molecule has 20 heteroatoms. The zero-order valence-electron chi connectivity index (χ0n) is 29.8. The number of hydrogen-bond acceptors (Lipinski definition) is 7. The molecule has 306 valence electrons. The number of nitrogens with two attached hydrogens (primary N) is 2. The Hall–Kier alpha value is -4.69. The highest BCUT2D eigenvalue weighted by Gasteiger charge is 2.39. The Morgan fingerprint density at radius 2 is 1.42 bits per heavy atom. The maximum Gasteiger partial charge on any atom is 0.490 e. The second-order valence-corrected chi connectivity index (χ2v) is 13.9. The standard InChI is InChI=1S/C31H40F2N4O3S.2C2HF3O2/c1-31(2,3)29(37(14-7-13-34)28(38)20-41-15-12-26(35)30(39)40)27-16-22(24-17-23(32)10-11-25(24)33)19-36(27)18-21-8-5-4-6-9-21;2*3-2(4,5)1(6)7/h4-6,8-11,16-17,19,26,29H,7,12-15,18,20,34-35H2,1-3H3,(H,39,40);2*(H,6,7)/t26?,29-;;/m0../s1. The van der Waals surface area contributed by atoms with Crippen molar-refractivity contribution in [3.05, 3.63) is 83.7 Å². The highest BCUT2D eigenvalue weighted by Crippen LogP contribution is 2.41. The molecular weight excluding hydrogens is 772 g/mol. The quantitative estimate of drug-likeness (QED) is 0.0882. The predicted molar refractivity (Wildman–Crippen MR) is 188 cm³/mol. The van der Waals surface area contributed by atoms with E-state index in [0.29, 0.717) is 37.4 Å². The van der Waals surface area contributed by atoms with E-state index in [-0.39, 0.29) is 23.6 Å². The molecule has 0 radical (unpaired) electrons. The molecule has 0 saturated heterocycles. The number of carbonyl (C=O) groups is 4. The zero-order valence-corrected chi connectivity index (χ0v) is 30.7. The van der Waals surface area contributed by atoms with Crippen LogP contribution in [0.4, 0.5) is 35.1 Å². The van der Waals surface area contributed by atoms with E-state index in [1.807, 2.05) is 72.8 Å². The van der Waals surface area contributed by atoms with Crippen molar-refractivity contribution < 1.29 is 69.6 Å². The third-order valence-corrected chi connectivity index (χ3v) is 8.28. The molecule has 0 aliphatic carbocycles. The number of aliphatic carboxylic acids is 3. The summed E-state index contributed by atoms with van der Waals surface area (Å²) in [4.78, 5) is 44.4. The van der Waals surface area contributed by atoms with Gasteiger partial charge in [0.25, 0.3) is 0 Å². The second kappa shape index (κ2) is 21.4. The normalized spacial score (nSPS) is 12.7. The van der Waals surface area contributed by atoms with Gasteiger partial charge in [0.1, 0.15) is 17.7 Å². The Morgan fingerprint density at radius 1 is 0.873 bits per heavy atom. The molecule has 0 bridgehead atoms. The van der Waals surface area contributed by atoms with Crippen LogP contribution < -0.4 is 11.5 Å². The van der Waals surface area contributed by atoms with Gasteiger partial charge >= 0.3 is 30.3 Å². The lowest BCUT2D eigenvalue weighted by Crippen LogP contribution is -2.44. The van der Waals surface area contributed by atoms with Crippen LogP contribution in [0.2, 0.25) is 0 Å². The average Bonchev–Trinajstić information content (AvgIpc) is 3.47. The van der Waals surface area contributed by atoms with E-state index < -0.39 is 59.4 Å². The van der Waals surface area contributed by atoms with Gasteiger partial charge in [0.15, 0.2) is 0 Å². The summed E-state index contributed by atoms with van der Waals surface area (Å²) in [5.74, 6) is -7.19. The molecular formula is C35H42F8N4O7S. The second-order valence-electron chi connectivity index (χ2n) is 12.8. The van der Waals surface area contributed by atoms with Gasteiger partial charge in [0, 0.05) is 36.1 Å². The van der Waals surface area contributed by atoms with Crippen molar-refractivity contribution in [1.29, 1.82) is 0 Å². The number of rotatable bonds is 14. The molecule has 0 fully saturated rings. The summed E-state index contributed by atoms with van der Waals surface area (Å²) in [7, 11) is 0. The van der Waals surface area contributed by atoms with E-state index in [1.165, 1.54) is 17.8 Å². The first kappa shape index (κ1) is 48.3. The number of carboxylic acids is 3. The molecule has 3 rings (SSSR count). The molecule has 3 aromatic rings. The average molecular weight is 815 g/mol. The van der Waals surface area contributed by atoms with Gasteiger partial charge in [0.2, 0.25) is 5.91 Å². The lowest BCUT2D eigenvalue weighted by atomic mass is 9.83. The number of carbonyl (C=O) groups excluding carboxylic acids is 1. The number of thioether (sulfide) groups is 1. The fraction of sp³-hybridized carbons (Fsp3) is 0.429. The molecule has 1 heterocycles. The lowest BCUT2D eigenvalue weighted by molar-refractivity contribution is -0.193. The number of aromatic nitrogens is 1. The minimum atomic E-state index is -5.08. The van der Waals surface area contributed by atoms with Crippen molar-refractivity contribution in [3.63, 3.8) is 0 Å². The van der Waals surface area contributed by atoms with Crippen LogP contribution in [0.3, 0.4) is 0 Å². The molecule has 0 saturated carbocycles. The summed E-state index contributed by atoms with van der Waals surface area (Å²) >= 11 is 1.34. The number of hydrogen-bond donors (Lipinski definition) is 5. The minimum Gasteiger partial charge on any atom is -0.480 e. The van der Waals surface area contributed by atoms with Crippen LogP contribution in [-0.4, -0.2) is 91.6 Å². The first-order valence-corrected chi connectivity index (χ1v) is 17.3. The Balaban J connectivity index is 0.000000913. The maximum atomic E-state index is 14.9. The number of alkyl halides is 6. The summed E-state index contributed by atoms with van der Waals surface area (Å²) in [5.41, 5.74) is 13.5. The van der Waals surface area contributed by atoms with Crippen LogP contribution in [0.5, 0.6) is 0 Å². The molecule has 55 heavy (non-hydrogen) atoms. The van der Waals surface area contributed by atoms with E-state index in [9.17, 15) is 44.7 Å². The van der Waals surface area contributed by atoms with Crippen LogP contribution in [-0.2, 0) is 25.7 Å². The summed E-state index contributed by atoms with van der Waals surface area (Å²) in [6, 6.07) is 13.6. The largest absolute Gasteiger partial charge is 0.490 e. The summed E-state index contributed by atoms with van der Waals surface area (Å²) < 4.78 is 94.5.